The third-order valence-electron chi connectivity index (χ3n) is 5.35. The Bertz CT molecular complexity index is 1050. The Hall–Kier alpha value is -3.45. The maximum atomic E-state index is 12.6. The monoisotopic (exact) mass is 438 g/mol. The fourth-order valence-electron chi connectivity index (χ4n) is 3.76. The Labute approximate surface area is 183 Å². The molecule has 1 heterocycles. The molecule has 1 saturated heterocycles. The van der Waals surface area contributed by atoms with E-state index in [1.165, 1.54) is 29.2 Å². The molecule has 2 aliphatic rings. The third kappa shape index (κ3) is 4.22. The summed E-state index contributed by atoms with van der Waals surface area (Å²) in [5.41, 5.74) is 1.04. The van der Waals surface area contributed by atoms with Crippen LogP contribution in [0.2, 0.25) is 5.02 Å². The maximum Gasteiger partial charge on any atom is 0.338 e. The van der Waals surface area contributed by atoms with Gasteiger partial charge in [0, 0.05) is 0 Å². The summed E-state index contributed by atoms with van der Waals surface area (Å²) in [4.78, 5) is 50.7. The number of anilines is 2. The number of imide groups is 1. The van der Waals surface area contributed by atoms with E-state index in [1.807, 2.05) is 12.2 Å². The van der Waals surface area contributed by atoms with Crippen molar-refractivity contribution in [2.24, 2.45) is 11.8 Å². The number of carbonyl (C=O) groups excluding carboxylic acids is 4. The minimum absolute atomic E-state index is 0.201. The van der Waals surface area contributed by atoms with Crippen LogP contribution < -0.4 is 10.2 Å². The molecule has 4 rings (SSSR count). The van der Waals surface area contributed by atoms with Gasteiger partial charge in [-0.25, -0.2) is 4.79 Å². The van der Waals surface area contributed by atoms with E-state index in [1.54, 1.807) is 24.3 Å². The Balaban J connectivity index is 1.36. The zero-order chi connectivity index (χ0) is 22.0. The third-order valence-corrected chi connectivity index (χ3v) is 5.68. The molecule has 158 valence electrons. The largest absolute Gasteiger partial charge is 0.452 e. The summed E-state index contributed by atoms with van der Waals surface area (Å²) in [5, 5.41) is 2.94. The van der Waals surface area contributed by atoms with Gasteiger partial charge in [0.2, 0.25) is 11.8 Å². The smallest absolute Gasteiger partial charge is 0.338 e. The summed E-state index contributed by atoms with van der Waals surface area (Å²) >= 11 is 5.98. The van der Waals surface area contributed by atoms with Gasteiger partial charge in [0.15, 0.2) is 6.61 Å². The molecule has 0 radical (unpaired) electrons. The van der Waals surface area contributed by atoms with E-state index in [2.05, 4.69) is 5.32 Å². The SMILES string of the molecule is O=C(COC(=O)c1ccc(N2C(=O)[C@@H]3CC=CC[C@H]3C2=O)cc1)Nc1ccccc1Cl. The molecule has 1 N–H and O–H groups in total. The number of fused-ring (bicyclic) bond motifs is 1. The molecule has 2 aromatic rings. The fraction of sp³-hybridized carbons (Fsp3) is 0.217. The van der Waals surface area contributed by atoms with Gasteiger partial charge in [-0.3, -0.25) is 19.3 Å². The molecule has 2 atom stereocenters. The summed E-state index contributed by atoms with van der Waals surface area (Å²) in [6, 6.07) is 12.7. The molecule has 2 aromatic carbocycles. The minimum atomic E-state index is -0.696. The Kier molecular flexibility index (Phi) is 5.86. The van der Waals surface area contributed by atoms with Gasteiger partial charge in [0.05, 0.1) is 33.8 Å². The van der Waals surface area contributed by atoms with Crippen LogP contribution in [0.3, 0.4) is 0 Å². The molecule has 31 heavy (non-hydrogen) atoms. The molecule has 3 amide bonds. The zero-order valence-electron chi connectivity index (χ0n) is 16.4. The number of amides is 3. The molecule has 8 heteroatoms. The molecular formula is C23H19ClN2O5. The Morgan fingerprint density at radius 1 is 0.968 bits per heavy atom. The summed E-state index contributed by atoms with van der Waals surface area (Å²) < 4.78 is 5.04. The molecular weight excluding hydrogens is 420 g/mol. The van der Waals surface area contributed by atoms with Crippen molar-refractivity contribution in [3.63, 3.8) is 0 Å². The van der Waals surface area contributed by atoms with Gasteiger partial charge in [-0.1, -0.05) is 35.9 Å². The first-order valence-corrected chi connectivity index (χ1v) is 10.2. The standard InChI is InChI=1S/C23H19ClN2O5/c24-18-7-3-4-8-19(18)25-20(27)13-31-23(30)14-9-11-15(12-10-14)26-21(28)16-5-1-2-6-17(16)22(26)29/h1-4,7-12,16-17H,5-6,13H2,(H,25,27)/t16-,17-/m1/s1. The van der Waals surface area contributed by atoms with Gasteiger partial charge in [-0.2, -0.15) is 0 Å². The highest BCUT2D eigenvalue weighted by Crippen LogP contribution is 2.37. The first kappa shape index (κ1) is 20.8. The molecule has 0 bridgehead atoms. The van der Waals surface area contributed by atoms with Gasteiger partial charge in [0.1, 0.15) is 0 Å². The second kappa shape index (κ2) is 8.73. The lowest BCUT2D eigenvalue weighted by molar-refractivity contribution is -0.122. The predicted molar refractivity (Wildman–Crippen MR) is 115 cm³/mol. The normalized spacial score (nSPS) is 19.8. The first-order valence-electron chi connectivity index (χ1n) is 9.80. The summed E-state index contributed by atoms with van der Waals surface area (Å²) in [7, 11) is 0. The molecule has 1 aliphatic heterocycles. The van der Waals surface area contributed by atoms with E-state index in [4.69, 9.17) is 16.3 Å². The predicted octanol–water partition coefficient (Wildman–Crippen LogP) is 3.59. The fourth-order valence-corrected chi connectivity index (χ4v) is 3.95. The van der Waals surface area contributed by atoms with Crippen LogP contribution >= 0.6 is 11.6 Å². The van der Waals surface area contributed by atoms with E-state index in [0.29, 0.717) is 29.2 Å². The lowest BCUT2D eigenvalue weighted by Crippen LogP contribution is -2.30. The average Bonchev–Trinajstić information content (AvgIpc) is 3.04. The van der Waals surface area contributed by atoms with E-state index < -0.39 is 18.5 Å². The molecule has 1 aliphatic carbocycles. The van der Waals surface area contributed by atoms with Crippen LogP contribution in [-0.2, 0) is 19.1 Å². The highest BCUT2D eigenvalue weighted by Gasteiger charge is 2.47. The molecule has 7 nitrogen and oxygen atoms in total. The highest BCUT2D eigenvalue weighted by atomic mass is 35.5. The first-order chi connectivity index (χ1) is 15.0. The van der Waals surface area contributed by atoms with Crippen LogP contribution in [0, 0.1) is 11.8 Å². The second-order valence-electron chi connectivity index (χ2n) is 7.32. The zero-order valence-corrected chi connectivity index (χ0v) is 17.2. The Morgan fingerprint density at radius 2 is 1.58 bits per heavy atom. The lowest BCUT2D eigenvalue weighted by atomic mass is 9.85. The molecule has 0 saturated carbocycles. The number of hydrogen-bond donors (Lipinski definition) is 1. The average molecular weight is 439 g/mol. The summed E-state index contributed by atoms with van der Waals surface area (Å²) in [5.74, 6) is -2.30. The van der Waals surface area contributed by atoms with Crippen LogP contribution in [0.15, 0.2) is 60.7 Å². The van der Waals surface area contributed by atoms with E-state index >= 15 is 0 Å². The quantitative estimate of drug-likeness (QED) is 0.437. The van der Waals surface area contributed by atoms with Crippen LogP contribution in [-0.4, -0.2) is 30.3 Å². The topological polar surface area (TPSA) is 92.8 Å². The van der Waals surface area contributed by atoms with Crippen molar-refractivity contribution in [1.29, 1.82) is 0 Å². The van der Waals surface area contributed by atoms with Crippen molar-refractivity contribution < 1.29 is 23.9 Å². The van der Waals surface area contributed by atoms with Gasteiger partial charge in [-0.05, 0) is 49.2 Å². The van der Waals surface area contributed by atoms with Crippen molar-refractivity contribution in [2.75, 3.05) is 16.8 Å². The minimum Gasteiger partial charge on any atom is -0.452 e. The van der Waals surface area contributed by atoms with Crippen molar-refractivity contribution in [1.82, 2.24) is 0 Å². The van der Waals surface area contributed by atoms with Crippen LogP contribution in [0.25, 0.3) is 0 Å². The summed E-state index contributed by atoms with van der Waals surface area (Å²) in [6.07, 6.45) is 4.98. The van der Waals surface area contributed by atoms with E-state index in [9.17, 15) is 19.2 Å². The molecule has 0 spiro atoms. The van der Waals surface area contributed by atoms with Gasteiger partial charge in [0.25, 0.3) is 5.91 Å². The maximum absolute atomic E-state index is 12.6. The van der Waals surface area contributed by atoms with Crippen molar-refractivity contribution in [3.8, 4) is 0 Å². The lowest BCUT2D eigenvalue weighted by Gasteiger charge is -2.15. The molecule has 0 aromatic heterocycles. The number of nitrogens with one attached hydrogen (secondary N) is 1. The number of benzene rings is 2. The number of para-hydroxylation sites is 1. The van der Waals surface area contributed by atoms with Gasteiger partial charge >= 0.3 is 5.97 Å². The van der Waals surface area contributed by atoms with Crippen LogP contribution in [0.4, 0.5) is 11.4 Å². The van der Waals surface area contributed by atoms with Gasteiger partial charge < -0.3 is 10.1 Å². The number of allylic oxidation sites excluding steroid dienone is 2. The highest BCUT2D eigenvalue weighted by molar-refractivity contribution is 6.33. The number of hydrogen-bond acceptors (Lipinski definition) is 5. The second-order valence-corrected chi connectivity index (χ2v) is 7.73. The Morgan fingerprint density at radius 3 is 2.19 bits per heavy atom. The number of halogens is 1. The van der Waals surface area contributed by atoms with Crippen molar-refractivity contribution >= 4 is 46.7 Å². The van der Waals surface area contributed by atoms with Crippen LogP contribution in [0.5, 0.6) is 0 Å². The van der Waals surface area contributed by atoms with Crippen molar-refractivity contribution in [3.05, 3.63) is 71.3 Å². The summed E-state index contributed by atoms with van der Waals surface area (Å²) in [6.45, 7) is -0.481. The number of esters is 1. The van der Waals surface area contributed by atoms with Crippen LogP contribution in [0.1, 0.15) is 23.2 Å². The number of nitrogens with zero attached hydrogens (tertiary/aromatic N) is 1. The van der Waals surface area contributed by atoms with E-state index in [0.717, 1.165) is 0 Å². The number of carbonyl (C=O) groups is 4. The van der Waals surface area contributed by atoms with Crippen molar-refractivity contribution in [2.45, 2.75) is 12.8 Å². The number of rotatable bonds is 5. The molecule has 0 unspecified atom stereocenters. The van der Waals surface area contributed by atoms with E-state index in [-0.39, 0.29) is 29.2 Å². The molecule has 1 fully saturated rings. The number of ether oxygens (including phenoxy) is 1. The van der Waals surface area contributed by atoms with Gasteiger partial charge in [-0.15, -0.1) is 0 Å².